The monoisotopic (exact) mass is 559 g/mol. The zero-order valence-electron chi connectivity index (χ0n) is 21.5. The van der Waals surface area contributed by atoms with E-state index < -0.39 is 12.6 Å². The van der Waals surface area contributed by atoms with Gasteiger partial charge in [-0.1, -0.05) is 28.6 Å². The van der Waals surface area contributed by atoms with Gasteiger partial charge in [0.25, 0.3) is 0 Å². The molecule has 0 spiro atoms. The van der Waals surface area contributed by atoms with Crippen molar-refractivity contribution < 1.29 is 27.8 Å². The highest BCUT2D eigenvalue weighted by atomic mass is 19.4. The number of ether oxygens (including phenoxy) is 1. The van der Waals surface area contributed by atoms with Gasteiger partial charge in [0.05, 0.1) is 18.8 Å². The third-order valence-electron chi connectivity index (χ3n) is 5.64. The van der Waals surface area contributed by atoms with Crippen LogP contribution in [0.1, 0.15) is 41.6 Å². The number of nitrogens with one attached hydrogen (secondary N) is 2. The number of aryl methyl sites for hydroxylation is 3. The maximum Gasteiger partial charge on any atom is 0.573 e. The van der Waals surface area contributed by atoms with Gasteiger partial charge in [-0.05, 0) is 49.1 Å². The van der Waals surface area contributed by atoms with Gasteiger partial charge in [-0.15, -0.1) is 23.4 Å². The maximum atomic E-state index is 12.4. The molecule has 3 heterocycles. The molecule has 1 unspecified atom stereocenters. The Labute approximate surface area is 227 Å². The van der Waals surface area contributed by atoms with Crippen molar-refractivity contribution in [1.82, 2.24) is 40.3 Å². The molecule has 212 valence electrons. The van der Waals surface area contributed by atoms with Crippen LogP contribution < -0.4 is 15.4 Å². The Balaban J connectivity index is 1.16. The molecular formula is C25H28F3N9O3. The smallest absolute Gasteiger partial charge is 0.406 e. The predicted molar refractivity (Wildman–Crippen MR) is 136 cm³/mol. The lowest BCUT2D eigenvalue weighted by molar-refractivity contribution is -0.274. The number of benzene rings is 1. The third kappa shape index (κ3) is 9.13. The van der Waals surface area contributed by atoms with Crippen molar-refractivity contribution >= 4 is 11.7 Å². The number of unbranched alkanes of at least 4 members (excludes halogenated alkanes) is 1. The zero-order valence-corrected chi connectivity index (χ0v) is 21.5. The van der Waals surface area contributed by atoms with E-state index in [2.05, 4.69) is 41.0 Å². The quantitative estimate of drug-likeness (QED) is 0.166. The molecule has 3 aromatic heterocycles. The van der Waals surface area contributed by atoms with Crippen molar-refractivity contribution in [3.05, 3.63) is 77.5 Å². The summed E-state index contributed by atoms with van der Waals surface area (Å²) in [4.78, 5) is 16.4. The first-order chi connectivity index (χ1) is 19.1. The number of carbonyl (C=O) groups excluding carboxylic acids is 1. The minimum absolute atomic E-state index is 0.0899. The number of anilines is 1. The van der Waals surface area contributed by atoms with Crippen LogP contribution in [0.3, 0.4) is 0 Å². The van der Waals surface area contributed by atoms with Gasteiger partial charge in [-0.25, -0.2) is 0 Å². The average Bonchev–Trinajstić information content (AvgIpc) is 3.55. The highest BCUT2D eigenvalue weighted by Gasteiger charge is 2.31. The molecule has 0 fully saturated rings. The van der Waals surface area contributed by atoms with E-state index in [9.17, 15) is 23.1 Å². The van der Waals surface area contributed by atoms with Crippen molar-refractivity contribution in [3.63, 3.8) is 0 Å². The van der Waals surface area contributed by atoms with Crippen molar-refractivity contribution in [2.24, 2.45) is 0 Å². The van der Waals surface area contributed by atoms with E-state index >= 15 is 0 Å². The fourth-order valence-electron chi connectivity index (χ4n) is 3.71. The second kappa shape index (κ2) is 13.1. The van der Waals surface area contributed by atoms with Crippen molar-refractivity contribution in [2.45, 2.75) is 58.4 Å². The molecule has 0 aliphatic carbocycles. The first-order valence-corrected chi connectivity index (χ1v) is 12.4. The molecule has 3 N–H and O–H groups in total. The molecule has 40 heavy (non-hydrogen) atoms. The number of halogens is 3. The molecule has 1 atom stereocenters. The van der Waals surface area contributed by atoms with Gasteiger partial charge < -0.3 is 15.2 Å². The summed E-state index contributed by atoms with van der Waals surface area (Å²) in [5.74, 6) is -0.178. The Morgan fingerprint density at radius 1 is 1.05 bits per heavy atom. The molecule has 4 rings (SSSR count). The fourth-order valence-corrected chi connectivity index (χ4v) is 3.71. The summed E-state index contributed by atoms with van der Waals surface area (Å²) in [6.45, 7) is 3.09. The standard InChI is InChI=1S/C25H28F3N9O3/c1-17-7-8-19(13-29-17)12-23(38)31-22-16-37(35-33-22)10-3-2-9-36-15-21(32-34-36)24(39)30-14-18-5-4-6-20(11-18)40-25(26,27)28/h4-8,11,13,15-16,24,30,39H,2-3,9-10,12,14H2,1H3,(H,31,38). The Morgan fingerprint density at radius 3 is 2.52 bits per heavy atom. The van der Waals surface area contributed by atoms with E-state index in [1.807, 2.05) is 19.1 Å². The maximum absolute atomic E-state index is 12.4. The number of aromatic nitrogens is 7. The molecule has 0 saturated carbocycles. The number of hydrogen-bond acceptors (Lipinski definition) is 9. The van der Waals surface area contributed by atoms with Crippen LogP contribution in [0, 0.1) is 6.92 Å². The topological polar surface area (TPSA) is 145 Å². The van der Waals surface area contributed by atoms with E-state index in [0.717, 1.165) is 24.1 Å². The molecule has 15 heteroatoms. The molecule has 0 radical (unpaired) electrons. The molecule has 1 aromatic carbocycles. The van der Waals surface area contributed by atoms with Crippen molar-refractivity contribution in [3.8, 4) is 5.75 Å². The van der Waals surface area contributed by atoms with Gasteiger partial charge >= 0.3 is 6.36 Å². The van der Waals surface area contributed by atoms with E-state index in [1.165, 1.54) is 18.2 Å². The molecular weight excluding hydrogens is 531 g/mol. The number of carbonyl (C=O) groups is 1. The number of pyridine rings is 1. The number of hydrogen-bond donors (Lipinski definition) is 3. The van der Waals surface area contributed by atoms with Crippen LogP contribution in [-0.2, 0) is 30.8 Å². The summed E-state index contributed by atoms with van der Waals surface area (Å²) in [6.07, 6.45) is 0.653. The van der Waals surface area contributed by atoms with Crippen molar-refractivity contribution in [2.75, 3.05) is 5.32 Å². The largest absolute Gasteiger partial charge is 0.573 e. The lowest BCUT2D eigenvalue weighted by Gasteiger charge is -2.12. The first kappa shape index (κ1) is 28.6. The number of aliphatic hydroxyl groups excluding tert-OH is 1. The highest BCUT2D eigenvalue weighted by Crippen LogP contribution is 2.23. The van der Waals surface area contributed by atoms with E-state index in [-0.39, 0.29) is 30.3 Å². The molecule has 0 aliphatic rings. The number of aliphatic hydroxyl groups is 1. The Morgan fingerprint density at radius 2 is 1.80 bits per heavy atom. The fraction of sp³-hybridized carbons (Fsp3) is 0.360. The van der Waals surface area contributed by atoms with E-state index in [4.69, 9.17) is 0 Å². The normalized spacial score (nSPS) is 12.3. The summed E-state index contributed by atoms with van der Waals surface area (Å²) in [5.41, 5.74) is 2.46. The third-order valence-corrected chi connectivity index (χ3v) is 5.64. The molecule has 0 bridgehead atoms. The predicted octanol–water partition coefficient (Wildman–Crippen LogP) is 2.91. The Bertz CT molecular complexity index is 1390. The SMILES string of the molecule is Cc1ccc(CC(=O)Nc2cn(CCCCn3cc(C(O)NCc4cccc(OC(F)(F)F)c4)nn3)nn2)cn1. The summed E-state index contributed by atoms with van der Waals surface area (Å²) < 4.78 is 44.3. The van der Waals surface area contributed by atoms with Crippen molar-refractivity contribution in [1.29, 1.82) is 0 Å². The van der Waals surface area contributed by atoms with Crippen LogP contribution in [-0.4, -0.2) is 52.3 Å². The number of nitrogens with zero attached hydrogens (tertiary/aromatic N) is 7. The minimum Gasteiger partial charge on any atom is -0.406 e. The Hall–Kier alpha value is -4.37. The summed E-state index contributed by atoms with van der Waals surface area (Å²) >= 11 is 0. The molecule has 12 nitrogen and oxygen atoms in total. The van der Waals surface area contributed by atoms with Crippen LogP contribution in [0.25, 0.3) is 0 Å². The number of alkyl halides is 3. The van der Waals surface area contributed by atoms with Crippen LogP contribution in [0.2, 0.25) is 0 Å². The Kier molecular flexibility index (Phi) is 9.39. The summed E-state index contributed by atoms with van der Waals surface area (Å²) in [6, 6.07) is 9.18. The zero-order chi connectivity index (χ0) is 28.5. The van der Waals surface area contributed by atoms with E-state index in [1.54, 1.807) is 34.0 Å². The second-order valence-electron chi connectivity index (χ2n) is 8.99. The van der Waals surface area contributed by atoms with Crippen LogP contribution in [0.5, 0.6) is 5.75 Å². The molecule has 0 aliphatic heterocycles. The molecule has 1 amide bonds. The minimum atomic E-state index is -4.78. The lowest BCUT2D eigenvalue weighted by Crippen LogP contribution is -2.21. The summed E-state index contributed by atoms with van der Waals surface area (Å²) in [5, 5.41) is 31.8. The highest BCUT2D eigenvalue weighted by molar-refractivity contribution is 5.91. The number of amides is 1. The van der Waals surface area contributed by atoms with Gasteiger partial charge in [-0.3, -0.25) is 24.5 Å². The van der Waals surface area contributed by atoms with Gasteiger partial charge in [0, 0.05) is 31.5 Å². The van der Waals surface area contributed by atoms with E-state index in [0.29, 0.717) is 24.5 Å². The van der Waals surface area contributed by atoms with Gasteiger partial charge in [0.15, 0.2) is 12.0 Å². The summed E-state index contributed by atoms with van der Waals surface area (Å²) in [7, 11) is 0. The molecule has 0 saturated heterocycles. The van der Waals surface area contributed by atoms with Gasteiger partial charge in [-0.2, -0.15) is 0 Å². The first-order valence-electron chi connectivity index (χ1n) is 12.4. The average molecular weight is 560 g/mol. The molecule has 4 aromatic rings. The lowest BCUT2D eigenvalue weighted by atomic mass is 10.2. The van der Waals surface area contributed by atoms with Crippen LogP contribution >= 0.6 is 0 Å². The number of rotatable bonds is 13. The van der Waals surface area contributed by atoms with Gasteiger partial charge in [0.1, 0.15) is 11.4 Å². The van der Waals surface area contributed by atoms with Gasteiger partial charge in [0.2, 0.25) is 5.91 Å². The second-order valence-corrected chi connectivity index (χ2v) is 8.99. The van der Waals surface area contributed by atoms with Crippen LogP contribution in [0.4, 0.5) is 19.0 Å². The van der Waals surface area contributed by atoms with Crippen LogP contribution in [0.15, 0.2) is 55.0 Å².